The summed E-state index contributed by atoms with van der Waals surface area (Å²) in [6.45, 7) is 4.12. The molecule has 0 atom stereocenters. The van der Waals surface area contributed by atoms with Crippen molar-refractivity contribution in [1.82, 2.24) is 9.97 Å². The van der Waals surface area contributed by atoms with Crippen LogP contribution in [-0.4, -0.2) is 29.7 Å². The van der Waals surface area contributed by atoms with E-state index in [9.17, 15) is 22.0 Å². The summed E-state index contributed by atoms with van der Waals surface area (Å²) in [5.41, 5.74) is 0.0543. The van der Waals surface area contributed by atoms with Crippen LogP contribution in [0.1, 0.15) is 19.8 Å². The number of rotatable bonds is 3. The van der Waals surface area contributed by atoms with Gasteiger partial charge in [0.25, 0.3) is 5.95 Å². The van der Waals surface area contributed by atoms with Crippen LogP contribution < -0.4 is 5.32 Å². The lowest BCUT2D eigenvalue weighted by Gasteiger charge is -2.33. The summed E-state index contributed by atoms with van der Waals surface area (Å²) in [5.74, 6) is -4.79. The number of hydrogen-bond donors (Lipinski definition) is 1. The van der Waals surface area contributed by atoms with Gasteiger partial charge in [0.05, 0.1) is 0 Å². The number of aromatic nitrogens is 2. The smallest absolute Gasteiger partial charge is 0.251 e. The summed E-state index contributed by atoms with van der Waals surface area (Å²) in [6, 6.07) is 3.52. The fraction of sp³-hybridized carbons (Fsp3) is 0.412. The summed E-state index contributed by atoms with van der Waals surface area (Å²) in [5, 5.41) is 2.88. The topological polar surface area (TPSA) is 47.0 Å². The third-order valence-electron chi connectivity index (χ3n) is 3.96. The van der Waals surface area contributed by atoms with Crippen LogP contribution in [0.15, 0.2) is 24.3 Å². The fourth-order valence-electron chi connectivity index (χ4n) is 2.28. The van der Waals surface area contributed by atoms with Gasteiger partial charge in [-0.3, -0.25) is 0 Å². The first-order chi connectivity index (χ1) is 12.3. The molecule has 0 aromatic carbocycles. The minimum Gasteiger partial charge on any atom is -0.381 e. The number of hydrogen-bond acceptors (Lipinski definition) is 4. The SMILES string of the molecule is CC1(CNc2nc(F)ccc2F)CCOCC1.Fc1ccc(F)c(F)n1. The van der Waals surface area contributed by atoms with Gasteiger partial charge in [-0.1, -0.05) is 6.92 Å². The predicted molar refractivity (Wildman–Crippen MR) is 84.9 cm³/mol. The highest BCUT2D eigenvalue weighted by Gasteiger charge is 2.27. The second kappa shape index (κ2) is 8.88. The number of nitrogens with zero attached hydrogens (tertiary/aromatic N) is 2. The second-order valence-corrected chi connectivity index (χ2v) is 6.15. The molecular weight excluding hydrogens is 357 g/mol. The molecule has 3 rings (SSSR count). The average Bonchev–Trinajstić information content (AvgIpc) is 2.60. The standard InChI is InChI=1S/C12H16F2N2O.C5H2F3N/c1-12(4-6-17-7-5-12)8-15-11-9(13)2-3-10(14)16-11;6-3-1-2-4(7)9-5(3)8/h2-3H,4-8H2,1H3,(H,15,16);1-2H. The maximum absolute atomic E-state index is 13.3. The zero-order valence-corrected chi connectivity index (χ0v) is 14.0. The largest absolute Gasteiger partial charge is 0.381 e. The van der Waals surface area contributed by atoms with Crippen molar-refractivity contribution in [2.45, 2.75) is 19.8 Å². The molecule has 3 heterocycles. The molecule has 0 saturated carbocycles. The van der Waals surface area contributed by atoms with Crippen LogP contribution in [-0.2, 0) is 4.74 Å². The molecule has 1 N–H and O–H groups in total. The molecule has 2 aromatic rings. The fourth-order valence-corrected chi connectivity index (χ4v) is 2.28. The van der Waals surface area contributed by atoms with Crippen LogP contribution >= 0.6 is 0 Å². The first-order valence-electron chi connectivity index (χ1n) is 7.90. The van der Waals surface area contributed by atoms with Gasteiger partial charge in [0.15, 0.2) is 17.5 Å². The lowest BCUT2D eigenvalue weighted by Crippen LogP contribution is -2.33. The Labute approximate surface area is 147 Å². The molecule has 26 heavy (non-hydrogen) atoms. The number of nitrogens with one attached hydrogen (secondary N) is 1. The van der Waals surface area contributed by atoms with E-state index in [1.54, 1.807) is 0 Å². The van der Waals surface area contributed by atoms with E-state index in [1.807, 2.05) is 0 Å². The summed E-state index contributed by atoms with van der Waals surface area (Å²) in [6.07, 6.45) is 1.83. The number of ether oxygens (including phenoxy) is 1. The number of pyridine rings is 2. The normalized spacial score (nSPS) is 15.8. The van der Waals surface area contributed by atoms with Crippen molar-refractivity contribution in [3.05, 3.63) is 53.7 Å². The minimum absolute atomic E-state index is 0.0160. The Bertz CT molecular complexity index is 738. The Hall–Kier alpha value is -2.29. The van der Waals surface area contributed by atoms with Gasteiger partial charge in [-0.05, 0) is 42.5 Å². The predicted octanol–water partition coefficient (Wildman–Crippen LogP) is 4.09. The van der Waals surface area contributed by atoms with E-state index in [4.69, 9.17) is 4.74 Å². The van der Waals surface area contributed by atoms with Crippen molar-refractivity contribution in [3.63, 3.8) is 0 Å². The summed E-state index contributed by atoms with van der Waals surface area (Å²) in [7, 11) is 0. The summed E-state index contributed by atoms with van der Waals surface area (Å²) in [4.78, 5) is 6.07. The van der Waals surface area contributed by atoms with Crippen molar-refractivity contribution < 1.29 is 26.7 Å². The molecule has 1 saturated heterocycles. The third-order valence-corrected chi connectivity index (χ3v) is 3.96. The minimum atomic E-state index is -1.41. The van der Waals surface area contributed by atoms with E-state index >= 15 is 0 Å². The molecule has 0 bridgehead atoms. The molecule has 0 unspecified atom stereocenters. The maximum Gasteiger partial charge on any atom is 0.251 e. The maximum atomic E-state index is 13.3. The van der Waals surface area contributed by atoms with Crippen LogP contribution in [0.3, 0.4) is 0 Å². The summed E-state index contributed by atoms with van der Waals surface area (Å²) >= 11 is 0. The van der Waals surface area contributed by atoms with Gasteiger partial charge in [-0.15, -0.1) is 0 Å². The van der Waals surface area contributed by atoms with Crippen molar-refractivity contribution in [2.24, 2.45) is 5.41 Å². The number of halogens is 5. The zero-order chi connectivity index (χ0) is 19.2. The van der Waals surface area contributed by atoms with Gasteiger partial charge in [0, 0.05) is 19.8 Å². The van der Waals surface area contributed by atoms with Gasteiger partial charge >= 0.3 is 0 Å². The van der Waals surface area contributed by atoms with Gasteiger partial charge in [-0.25, -0.2) is 8.78 Å². The van der Waals surface area contributed by atoms with Gasteiger partial charge in [-0.2, -0.15) is 23.1 Å². The molecule has 9 heteroatoms. The van der Waals surface area contributed by atoms with E-state index in [-0.39, 0.29) is 11.2 Å². The van der Waals surface area contributed by atoms with Crippen LogP contribution in [0.25, 0.3) is 0 Å². The van der Waals surface area contributed by atoms with Crippen molar-refractivity contribution in [1.29, 1.82) is 0 Å². The molecule has 0 aliphatic carbocycles. The van der Waals surface area contributed by atoms with Crippen molar-refractivity contribution in [2.75, 3.05) is 25.1 Å². The monoisotopic (exact) mass is 375 g/mol. The number of anilines is 1. The molecule has 0 spiro atoms. The molecule has 142 valence electrons. The third kappa shape index (κ3) is 5.91. The van der Waals surface area contributed by atoms with Crippen molar-refractivity contribution >= 4 is 5.82 Å². The summed E-state index contributed by atoms with van der Waals surface area (Å²) < 4.78 is 67.1. The van der Waals surface area contributed by atoms with Gasteiger partial charge < -0.3 is 10.1 Å². The van der Waals surface area contributed by atoms with Crippen LogP contribution in [0.2, 0.25) is 0 Å². The van der Waals surface area contributed by atoms with E-state index in [0.29, 0.717) is 12.6 Å². The second-order valence-electron chi connectivity index (χ2n) is 6.15. The molecule has 4 nitrogen and oxygen atoms in total. The lowest BCUT2D eigenvalue weighted by atomic mass is 9.82. The Kier molecular flexibility index (Phi) is 6.84. The molecule has 1 aliphatic heterocycles. The Morgan fingerprint density at radius 2 is 1.50 bits per heavy atom. The highest BCUT2D eigenvalue weighted by atomic mass is 19.2. The first-order valence-corrected chi connectivity index (χ1v) is 7.90. The van der Waals surface area contributed by atoms with Gasteiger partial charge in [0.2, 0.25) is 11.9 Å². The van der Waals surface area contributed by atoms with E-state index in [2.05, 4.69) is 22.2 Å². The molecule has 1 aliphatic rings. The quantitative estimate of drug-likeness (QED) is 0.649. The highest BCUT2D eigenvalue weighted by molar-refractivity contribution is 5.36. The molecule has 0 radical (unpaired) electrons. The molecular formula is C17H18F5N3O. The Morgan fingerprint density at radius 3 is 2.08 bits per heavy atom. The first kappa shape index (κ1) is 20.0. The van der Waals surface area contributed by atoms with Crippen LogP contribution in [0.5, 0.6) is 0 Å². The Balaban J connectivity index is 0.000000228. The van der Waals surface area contributed by atoms with E-state index in [0.717, 1.165) is 44.3 Å². The van der Waals surface area contributed by atoms with Gasteiger partial charge in [0.1, 0.15) is 0 Å². The lowest BCUT2D eigenvalue weighted by molar-refractivity contribution is 0.0299. The van der Waals surface area contributed by atoms with E-state index in [1.165, 1.54) is 0 Å². The molecule has 1 fully saturated rings. The van der Waals surface area contributed by atoms with Crippen LogP contribution in [0, 0.1) is 34.9 Å². The van der Waals surface area contributed by atoms with Crippen LogP contribution in [0.4, 0.5) is 27.8 Å². The molecule has 2 aromatic heterocycles. The average molecular weight is 375 g/mol. The molecule has 0 amide bonds. The van der Waals surface area contributed by atoms with Crippen molar-refractivity contribution in [3.8, 4) is 0 Å². The highest BCUT2D eigenvalue weighted by Crippen LogP contribution is 2.30. The zero-order valence-electron chi connectivity index (χ0n) is 14.0. The van der Waals surface area contributed by atoms with E-state index < -0.39 is 29.5 Å². The Morgan fingerprint density at radius 1 is 0.923 bits per heavy atom.